The number of benzene rings is 2. The van der Waals surface area contributed by atoms with E-state index in [4.69, 9.17) is 39.5 Å². The molecule has 0 saturated heterocycles. The highest BCUT2D eigenvalue weighted by Gasteiger charge is 2.14. The number of rotatable bonds is 7. The fraction of sp³-hybridized carbons (Fsp3) is 0.100. The van der Waals surface area contributed by atoms with Gasteiger partial charge in [-0.2, -0.15) is 5.10 Å². The van der Waals surface area contributed by atoms with Crippen LogP contribution >= 0.6 is 34.8 Å². The van der Waals surface area contributed by atoms with Crippen LogP contribution in [0.3, 0.4) is 0 Å². The van der Waals surface area contributed by atoms with Crippen LogP contribution in [0.2, 0.25) is 15.1 Å². The van der Waals surface area contributed by atoms with Gasteiger partial charge in [-0.25, -0.2) is 14.3 Å². The first kappa shape index (κ1) is 21.2. The van der Waals surface area contributed by atoms with Crippen molar-refractivity contribution in [1.82, 2.24) is 24.5 Å². The zero-order chi connectivity index (χ0) is 21.8. The van der Waals surface area contributed by atoms with Gasteiger partial charge in [0.2, 0.25) is 5.95 Å². The van der Waals surface area contributed by atoms with Crippen LogP contribution in [0.4, 0.5) is 5.95 Å². The average Bonchev–Trinajstić information content (AvgIpc) is 3.39. The highest BCUT2D eigenvalue weighted by molar-refractivity contribution is 6.36. The Hall–Kier alpha value is -3.07. The monoisotopic (exact) mass is 476 g/mol. The maximum atomic E-state index is 12.4. The van der Waals surface area contributed by atoms with Crippen molar-refractivity contribution in [2.45, 2.75) is 13.3 Å². The van der Waals surface area contributed by atoms with Gasteiger partial charge in [0.25, 0.3) is 5.91 Å². The summed E-state index contributed by atoms with van der Waals surface area (Å²) in [5.41, 5.74) is 0.909. The number of aromatic nitrogens is 5. The molecule has 11 heteroatoms. The van der Waals surface area contributed by atoms with E-state index in [9.17, 15) is 4.79 Å². The molecule has 0 spiro atoms. The van der Waals surface area contributed by atoms with Crippen LogP contribution in [-0.2, 0) is 13.3 Å². The van der Waals surface area contributed by atoms with E-state index in [1.165, 1.54) is 15.7 Å². The Balaban J connectivity index is 1.36. The number of halogens is 3. The molecular formula is C20H15Cl3N6O2. The molecule has 2 aromatic heterocycles. The van der Waals surface area contributed by atoms with Gasteiger partial charge in [-0.15, -0.1) is 5.10 Å². The van der Waals surface area contributed by atoms with Crippen LogP contribution in [0.5, 0.6) is 5.75 Å². The summed E-state index contributed by atoms with van der Waals surface area (Å²) in [5.74, 6) is 0.287. The zero-order valence-electron chi connectivity index (χ0n) is 15.9. The number of carbonyl (C=O) groups is 1. The highest BCUT2D eigenvalue weighted by atomic mass is 35.5. The molecule has 0 atom stereocenters. The largest absolute Gasteiger partial charge is 0.471 e. The second-order valence-electron chi connectivity index (χ2n) is 6.39. The molecule has 1 N–H and O–H groups in total. The number of hydrogen-bond donors (Lipinski definition) is 1. The summed E-state index contributed by atoms with van der Waals surface area (Å²) in [4.78, 5) is 16.5. The standard InChI is InChI=1S/C20H15Cl3N6O2/c21-13-3-1-4-14(9-13)31-12-28-8-7-18(26-28)19(30)25-20-24-11-29(27-20)10-15-16(22)5-2-6-17(15)23/h1-9,11H,10,12H2,(H,25,27,30). The Kier molecular flexibility index (Phi) is 6.41. The first-order valence-electron chi connectivity index (χ1n) is 9.03. The molecule has 0 unspecified atom stereocenters. The molecular weight excluding hydrogens is 463 g/mol. The van der Waals surface area contributed by atoms with Crippen LogP contribution in [0.15, 0.2) is 61.1 Å². The predicted molar refractivity (Wildman–Crippen MR) is 118 cm³/mol. The predicted octanol–water partition coefficient (Wildman–Crippen LogP) is 4.77. The van der Waals surface area contributed by atoms with Gasteiger partial charge < -0.3 is 4.74 Å². The van der Waals surface area contributed by atoms with Crippen LogP contribution in [0.1, 0.15) is 16.1 Å². The maximum Gasteiger partial charge on any atom is 0.278 e. The number of nitrogens with one attached hydrogen (secondary N) is 1. The molecule has 2 aromatic carbocycles. The molecule has 158 valence electrons. The van der Waals surface area contributed by atoms with Gasteiger partial charge in [0.1, 0.15) is 12.1 Å². The Morgan fingerprint density at radius 2 is 1.77 bits per heavy atom. The number of amides is 1. The third-order valence-corrected chi connectivity index (χ3v) is 5.12. The van der Waals surface area contributed by atoms with Crippen molar-refractivity contribution < 1.29 is 9.53 Å². The number of ether oxygens (including phenoxy) is 1. The van der Waals surface area contributed by atoms with E-state index in [0.717, 1.165) is 0 Å². The third kappa shape index (κ3) is 5.35. The molecule has 0 saturated carbocycles. The van der Waals surface area contributed by atoms with E-state index in [-0.39, 0.29) is 18.4 Å². The smallest absolute Gasteiger partial charge is 0.278 e. The minimum absolute atomic E-state index is 0.124. The summed E-state index contributed by atoms with van der Waals surface area (Å²) in [5, 5.41) is 12.7. The fourth-order valence-electron chi connectivity index (χ4n) is 2.69. The first-order chi connectivity index (χ1) is 15.0. The van der Waals surface area contributed by atoms with Crippen LogP contribution in [0.25, 0.3) is 0 Å². The average molecular weight is 478 g/mol. The lowest BCUT2D eigenvalue weighted by atomic mass is 10.2. The summed E-state index contributed by atoms with van der Waals surface area (Å²) < 4.78 is 8.61. The zero-order valence-corrected chi connectivity index (χ0v) is 18.1. The van der Waals surface area contributed by atoms with Crippen molar-refractivity contribution in [3.05, 3.63) is 87.4 Å². The minimum Gasteiger partial charge on any atom is -0.471 e. The minimum atomic E-state index is -0.449. The van der Waals surface area contributed by atoms with E-state index in [2.05, 4.69) is 20.5 Å². The van der Waals surface area contributed by atoms with Crippen molar-refractivity contribution in [1.29, 1.82) is 0 Å². The Labute approximate surface area is 192 Å². The fourth-order valence-corrected chi connectivity index (χ4v) is 3.39. The molecule has 4 rings (SSSR count). The lowest BCUT2D eigenvalue weighted by Gasteiger charge is -2.06. The number of carbonyl (C=O) groups excluding carboxylic acids is 1. The molecule has 8 nitrogen and oxygen atoms in total. The Morgan fingerprint density at radius 1 is 1.00 bits per heavy atom. The topological polar surface area (TPSA) is 86.9 Å². The second kappa shape index (κ2) is 9.38. The molecule has 1 amide bonds. The van der Waals surface area contributed by atoms with E-state index >= 15 is 0 Å². The van der Waals surface area contributed by atoms with Gasteiger partial charge in [-0.3, -0.25) is 10.1 Å². The van der Waals surface area contributed by atoms with Crippen molar-refractivity contribution in [3.8, 4) is 5.75 Å². The van der Waals surface area contributed by atoms with Gasteiger partial charge in [0.15, 0.2) is 12.4 Å². The number of nitrogens with zero attached hydrogens (tertiary/aromatic N) is 5. The van der Waals surface area contributed by atoms with Gasteiger partial charge in [0, 0.05) is 26.8 Å². The highest BCUT2D eigenvalue weighted by Crippen LogP contribution is 2.25. The molecule has 0 radical (unpaired) electrons. The summed E-state index contributed by atoms with van der Waals surface area (Å²) in [6, 6.07) is 13.8. The summed E-state index contributed by atoms with van der Waals surface area (Å²) in [6.07, 6.45) is 3.11. The van der Waals surface area contributed by atoms with E-state index in [1.807, 2.05) is 0 Å². The molecule has 0 aliphatic carbocycles. The normalized spacial score (nSPS) is 10.8. The first-order valence-corrected chi connectivity index (χ1v) is 10.2. The van der Waals surface area contributed by atoms with E-state index in [0.29, 0.717) is 32.9 Å². The van der Waals surface area contributed by atoms with Gasteiger partial charge in [0.05, 0.1) is 6.54 Å². The lowest BCUT2D eigenvalue weighted by Crippen LogP contribution is -2.15. The van der Waals surface area contributed by atoms with Crippen molar-refractivity contribution >= 4 is 46.7 Å². The van der Waals surface area contributed by atoms with Crippen LogP contribution in [-0.4, -0.2) is 30.5 Å². The quantitative estimate of drug-likeness (QED) is 0.414. The SMILES string of the molecule is O=C(Nc1ncn(Cc2c(Cl)cccc2Cl)n1)c1ccn(COc2cccc(Cl)c2)n1. The number of hydrogen-bond acceptors (Lipinski definition) is 5. The van der Waals surface area contributed by atoms with Crippen molar-refractivity contribution in [2.24, 2.45) is 0 Å². The third-order valence-electron chi connectivity index (χ3n) is 4.18. The van der Waals surface area contributed by atoms with Gasteiger partial charge in [-0.05, 0) is 36.4 Å². The molecule has 31 heavy (non-hydrogen) atoms. The molecule has 0 fully saturated rings. The summed E-state index contributed by atoms with van der Waals surface area (Å²) in [6.45, 7) is 0.440. The molecule has 4 aromatic rings. The van der Waals surface area contributed by atoms with Crippen LogP contribution < -0.4 is 10.1 Å². The van der Waals surface area contributed by atoms with Gasteiger partial charge >= 0.3 is 0 Å². The Bertz CT molecular complexity index is 1200. The maximum absolute atomic E-state index is 12.4. The van der Waals surface area contributed by atoms with E-state index in [1.54, 1.807) is 54.7 Å². The van der Waals surface area contributed by atoms with Gasteiger partial charge in [-0.1, -0.05) is 46.9 Å². The Morgan fingerprint density at radius 3 is 2.55 bits per heavy atom. The number of anilines is 1. The molecule has 0 aliphatic rings. The molecule has 0 aliphatic heterocycles. The van der Waals surface area contributed by atoms with E-state index < -0.39 is 5.91 Å². The molecule has 2 heterocycles. The lowest BCUT2D eigenvalue weighted by molar-refractivity contribution is 0.101. The summed E-state index contributed by atoms with van der Waals surface area (Å²) in [7, 11) is 0. The molecule has 0 bridgehead atoms. The van der Waals surface area contributed by atoms with Crippen LogP contribution in [0, 0.1) is 0 Å². The summed E-state index contributed by atoms with van der Waals surface area (Å²) >= 11 is 18.3. The second-order valence-corrected chi connectivity index (χ2v) is 7.64. The van der Waals surface area contributed by atoms with Crippen molar-refractivity contribution in [2.75, 3.05) is 5.32 Å². The van der Waals surface area contributed by atoms with Crippen molar-refractivity contribution in [3.63, 3.8) is 0 Å².